The van der Waals surface area contributed by atoms with Crippen LogP contribution in [0.25, 0.3) is 0 Å². The molecule has 1 saturated heterocycles. The number of halogens is 2. The molecule has 17 heavy (non-hydrogen) atoms. The summed E-state index contributed by atoms with van der Waals surface area (Å²) in [5, 5.41) is 0. The largest absolute Gasteiger partial charge is 0.368 e. The van der Waals surface area contributed by atoms with Gasteiger partial charge in [0.1, 0.15) is 0 Å². The Kier molecular flexibility index (Phi) is 4.37. The maximum absolute atomic E-state index is 6.06. The summed E-state index contributed by atoms with van der Waals surface area (Å²) in [7, 11) is 0. The molecule has 1 aliphatic rings. The van der Waals surface area contributed by atoms with E-state index < -0.39 is 0 Å². The van der Waals surface area contributed by atoms with Gasteiger partial charge in [-0.1, -0.05) is 29.8 Å². The zero-order valence-electron chi connectivity index (χ0n) is 10.4. The van der Waals surface area contributed by atoms with E-state index in [0.717, 1.165) is 11.0 Å². The van der Waals surface area contributed by atoms with Crippen molar-refractivity contribution in [3.63, 3.8) is 0 Å². The molecule has 0 amide bonds. The van der Waals surface area contributed by atoms with Gasteiger partial charge >= 0.3 is 0 Å². The highest BCUT2D eigenvalue weighted by Gasteiger charge is 2.28. The topological polar surface area (TPSA) is 3.24 Å². The Morgan fingerprint density at radius 2 is 2.24 bits per heavy atom. The highest BCUT2D eigenvalue weighted by Crippen LogP contribution is 2.34. The molecule has 0 radical (unpaired) electrons. The molecule has 1 aromatic carbocycles. The van der Waals surface area contributed by atoms with Gasteiger partial charge in [0.25, 0.3) is 0 Å². The second-order valence-corrected chi connectivity index (χ2v) is 6.24. The monoisotopic (exact) mass is 315 g/mol. The number of hydrogen-bond donors (Lipinski definition) is 0. The van der Waals surface area contributed by atoms with Crippen LogP contribution in [-0.2, 0) is 5.88 Å². The number of nitrogens with zero attached hydrogens (tertiary/aromatic N) is 1. The van der Waals surface area contributed by atoms with E-state index in [9.17, 15) is 0 Å². The van der Waals surface area contributed by atoms with Gasteiger partial charge in [-0.05, 0) is 42.5 Å². The van der Waals surface area contributed by atoms with E-state index in [4.69, 9.17) is 11.6 Å². The van der Waals surface area contributed by atoms with Gasteiger partial charge in [-0.2, -0.15) is 0 Å². The van der Waals surface area contributed by atoms with Gasteiger partial charge in [-0.15, -0.1) is 11.6 Å². The van der Waals surface area contributed by atoms with Crippen molar-refractivity contribution < 1.29 is 0 Å². The lowest BCUT2D eigenvalue weighted by Crippen LogP contribution is -2.33. The van der Waals surface area contributed by atoms with Crippen LogP contribution in [0.2, 0.25) is 0 Å². The molecule has 94 valence electrons. The van der Waals surface area contributed by atoms with E-state index in [-0.39, 0.29) is 0 Å². The molecule has 0 aromatic heterocycles. The third-order valence-corrected chi connectivity index (χ3v) is 4.34. The third kappa shape index (κ3) is 2.79. The maximum Gasteiger partial charge on any atom is 0.0494 e. The molecule has 1 aromatic rings. The summed E-state index contributed by atoms with van der Waals surface area (Å²) in [6, 6.07) is 7.11. The minimum absolute atomic E-state index is 0.579. The molecule has 0 N–H and O–H groups in total. The zero-order valence-corrected chi connectivity index (χ0v) is 12.8. The Balaban J connectivity index is 2.32. The molecular formula is C14H19BrClN. The summed E-state index contributed by atoms with van der Waals surface area (Å²) >= 11 is 9.57. The van der Waals surface area contributed by atoms with Gasteiger partial charge in [0, 0.05) is 28.6 Å². The van der Waals surface area contributed by atoms with Crippen molar-refractivity contribution in [2.24, 2.45) is 5.92 Å². The summed E-state index contributed by atoms with van der Waals surface area (Å²) in [4.78, 5) is 2.54. The second-order valence-electron chi connectivity index (χ2n) is 5.05. The van der Waals surface area contributed by atoms with E-state index in [1.807, 2.05) is 0 Å². The Hall–Kier alpha value is -0.210. The predicted octanol–water partition coefficient (Wildman–Crippen LogP) is 4.81. The molecule has 0 aliphatic carbocycles. The van der Waals surface area contributed by atoms with E-state index >= 15 is 0 Å². The lowest BCUT2D eigenvalue weighted by Gasteiger charge is -2.31. The van der Waals surface area contributed by atoms with Crippen LogP contribution in [0.4, 0.5) is 5.69 Å². The van der Waals surface area contributed by atoms with Gasteiger partial charge in [0.15, 0.2) is 0 Å². The normalized spacial score (nSPS) is 20.3. The summed E-state index contributed by atoms with van der Waals surface area (Å²) in [5.41, 5.74) is 2.55. The summed E-state index contributed by atoms with van der Waals surface area (Å²) in [6.45, 7) is 5.78. The van der Waals surface area contributed by atoms with Crippen LogP contribution in [0.15, 0.2) is 22.7 Å². The average Bonchev–Trinajstić information content (AvgIpc) is 2.77. The van der Waals surface area contributed by atoms with Gasteiger partial charge in [-0.25, -0.2) is 0 Å². The van der Waals surface area contributed by atoms with Crippen LogP contribution in [0.1, 0.15) is 32.3 Å². The first-order valence-corrected chi connectivity index (χ1v) is 7.57. The first-order chi connectivity index (χ1) is 8.13. The third-order valence-electron chi connectivity index (χ3n) is 3.56. The van der Waals surface area contributed by atoms with Crippen molar-refractivity contribution in [3.8, 4) is 0 Å². The SMILES string of the molecule is CC(C)C1CCCN1c1ccc(Br)cc1CCl. The van der Waals surface area contributed by atoms with Crippen LogP contribution < -0.4 is 4.90 Å². The summed E-state index contributed by atoms with van der Waals surface area (Å²) in [5.74, 6) is 1.28. The molecule has 0 bridgehead atoms. The van der Waals surface area contributed by atoms with E-state index in [1.54, 1.807) is 0 Å². The molecule has 2 rings (SSSR count). The van der Waals surface area contributed by atoms with Gasteiger partial charge in [0.2, 0.25) is 0 Å². The fourth-order valence-electron chi connectivity index (χ4n) is 2.73. The Morgan fingerprint density at radius 1 is 1.47 bits per heavy atom. The quantitative estimate of drug-likeness (QED) is 0.723. The van der Waals surface area contributed by atoms with Crippen molar-refractivity contribution in [1.29, 1.82) is 0 Å². The first kappa shape index (κ1) is 13.2. The molecule has 1 heterocycles. The van der Waals surface area contributed by atoms with Crippen LogP contribution in [0, 0.1) is 5.92 Å². The molecule has 0 saturated carbocycles. The standard InChI is InChI=1S/C14H19BrClN/c1-10(2)13-4-3-7-17(13)14-6-5-12(15)8-11(14)9-16/h5-6,8,10,13H,3-4,7,9H2,1-2H3. The number of anilines is 1. The fourth-order valence-corrected chi connectivity index (χ4v) is 3.35. The van der Waals surface area contributed by atoms with Crippen LogP contribution >= 0.6 is 27.5 Å². The van der Waals surface area contributed by atoms with Crippen LogP contribution in [0.3, 0.4) is 0 Å². The first-order valence-electron chi connectivity index (χ1n) is 6.24. The van der Waals surface area contributed by atoms with Gasteiger partial charge in [0.05, 0.1) is 0 Å². The van der Waals surface area contributed by atoms with Gasteiger partial charge < -0.3 is 4.90 Å². The smallest absolute Gasteiger partial charge is 0.0494 e. The molecule has 1 unspecified atom stereocenters. The minimum atomic E-state index is 0.579. The lowest BCUT2D eigenvalue weighted by atomic mass is 10.0. The Bertz CT molecular complexity index is 392. The molecule has 1 nitrogen and oxygen atoms in total. The van der Waals surface area contributed by atoms with Crippen LogP contribution in [-0.4, -0.2) is 12.6 Å². The Morgan fingerprint density at radius 3 is 2.88 bits per heavy atom. The summed E-state index contributed by atoms with van der Waals surface area (Å²) < 4.78 is 1.11. The molecule has 3 heteroatoms. The number of rotatable bonds is 3. The highest BCUT2D eigenvalue weighted by atomic mass is 79.9. The van der Waals surface area contributed by atoms with E-state index in [2.05, 4.69) is 52.9 Å². The zero-order chi connectivity index (χ0) is 12.4. The maximum atomic E-state index is 6.06. The second kappa shape index (κ2) is 5.62. The van der Waals surface area contributed by atoms with E-state index in [1.165, 1.54) is 24.1 Å². The van der Waals surface area contributed by atoms with Crippen molar-refractivity contribution in [1.82, 2.24) is 0 Å². The molecule has 1 atom stereocenters. The van der Waals surface area contributed by atoms with Crippen molar-refractivity contribution in [2.75, 3.05) is 11.4 Å². The highest BCUT2D eigenvalue weighted by molar-refractivity contribution is 9.10. The Labute approximate surface area is 117 Å². The van der Waals surface area contributed by atoms with Crippen LogP contribution in [0.5, 0.6) is 0 Å². The molecule has 1 fully saturated rings. The van der Waals surface area contributed by atoms with E-state index in [0.29, 0.717) is 17.8 Å². The minimum Gasteiger partial charge on any atom is -0.368 e. The lowest BCUT2D eigenvalue weighted by molar-refractivity contribution is 0.491. The fraction of sp³-hybridized carbons (Fsp3) is 0.571. The molecular weight excluding hydrogens is 298 g/mol. The summed E-state index contributed by atoms with van der Waals surface area (Å²) in [6.07, 6.45) is 2.59. The number of benzene rings is 1. The van der Waals surface area contributed by atoms with Crippen molar-refractivity contribution >= 4 is 33.2 Å². The van der Waals surface area contributed by atoms with Gasteiger partial charge in [-0.3, -0.25) is 0 Å². The molecule has 1 aliphatic heterocycles. The average molecular weight is 317 g/mol. The number of hydrogen-bond acceptors (Lipinski definition) is 1. The van der Waals surface area contributed by atoms with Crippen molar-refractivity contribution in [3.05, 3.63) is 28.2 Å². The number of alkyl halides is 1. The molecule has 0 spiro atoms. The van der Waals surface area contributed by atoms with Crippen molar-refractivity contribution in [2.45, 2.75) is 38.6 Å². The predicted molar refractivity (Wildman–Crippen MR) is 78.9 cm³/mol.